The number of hydrogen-bond donors (Lipinski definition) is 1. The van der Waals surface area contributed by atoms with E-state index in [0.29, 0.717) is 5.69 Å². The fourth-order valence-corrected chi connectivity index (χ4v) is 1.33. The number of carbonyl (C=O) groups excluding carboxylic acids is 1. The lowest BCUT2D eigenvalue weighted by Crippen LogP contribution is -2.18. The molecule has 1 aromatic heterocycles. The van der Waals surface area contributed by atoms with E-state index in [-0.39, 0.29) is 5.91 Å². The average Bonchev–Trinajstić information content (AvgIpc) is 2.71. The molecular weight excluding hydrogens is 344 g/mol. The van der Waals surface area contributed by atoms with Crippen molar-refractivity contribution in [2.24, 2.45) is 5.92 Å². The van der Waals surface area contributed by atoms with Gasteiger partial charge in [-0.25, -0.2) is 0 Å². The molecule has 128 valence electrons. The van der Waals surface area contributed by atoms with E-state index in [0.717, 1.165) is 0 Å². The summed E-state index contributed by atoms with van der Waals surface area (Å²) in [5.41, 5.74) is 0.664. The van der Waals surface area contributed by atoms with E-state index in [9.17, 15) is 4.79 Å². The summed E-state index contributed by atoms with van der Waals surface area (Å²) in [6, 6.07) is 3.39. The second-order valence-corrected chi connectivity index (χ2v) is 4.59. The lowest BCUT2D eigenvalue weighted by atomic mass is 10.1. The Labute approximate surface area is 166 Å². The molecule has 0 aromatic carbocycles. The molecule has 3 nitrogen and oxygen atoms in total. The maximum atomic E-state index is 11.9. The minimum atomic E-state index is -0.509. The monoisotopic (exact) mass is 356 g/mol. The highest BCUT2D eigenvalue weighted by Gasteiger charge is 2.09. The Kier molecular flexibility index (Phi) is 10.9. The van der Waals surface area contributed by atoms with Crippen molar-refractivity contribution in [1.29, 1.82) is 0 Å². The molecule has 1 N–H and O–H groups in total. The van der Waals surface area contributed by atoms with E-state index in [2.05, 4.69) is 105 Å². The number of hydrogen-bond acceptors (Lipinski definition) is 2. The molecule has 1 aromatic rings. The van der Waals surface area contributed by atoms with Gasteiger partial charge < -0.3 is 5.32 Å². The second kappa shape index (κ2) is 14.4. The number of rotatable bonds is 2. The van der Waals surface area contributed by atoms with Crippen molar-refractivity contribution < 1.29 is 4.79 Å². The van der Waals surface area contributed by atoms with Crippen molar-refractivity contribution in [3.05, 3.63) is 24.5 Å². The van der Waals surface area contributed by atoms with Crippen LogP contribution < -0.4 is 5.32 Å². The van der Waals surface area contributed by atoms with Gasteiger partial charge in [-0.05, 0) is 109 Å². The Morgan fingerprint density at radius 1 is 0.786 bits per heavy atom. The van der Waals surface area contributed by atoms with E-state index in [1.54, 1.807) is 38.4 Å². The molecule has 1 unspecified atom stereocenters. The fraction of sp³-hybridized carbons (Fsp3) is 0.120. The number of pyridine rings is 1. The minimum absolute atomic E-state index is 0.219. The van der Waals surface area contributed by atoms with Gasteiger partial charge in [0, 0.05) is 18.1 Å². The fourth-order valence-electron chi connectivity index (χ4n) is 1.33. The highest BCUT2D eigenvalue weighted by atomic mass is 16.1. The van der Waals surface area contributed by atoms with Gasteiger partial charge in [0.15, 0.2) is 0 Å². The Morgan fingerprint density at radius 2 is 1.21 bits per heavy atom. The van der Waals surface area contributed by atoms with Crippen LogP contribution in [0.2, 0.25) is 0 Å². The second-order valence-electron chi connectivity index (χ2n) is 4.59. The van der Waals surface area contributed by atoms with Crippen LogP contribution in [-0.4, -0.2) is 10.9 Å². The quantitative estimate of drug-likeness (QED) is 0.820. The molecule has 0 radical (unpaired) electrons. The molecule has 28 heavy (non-hydrogen) atoms. The topological polar surface area (TPSA) is 42.0 Å². The first kappa shape index (κ1) is 21.1. The summed E-state index contributed by atoms with van der Waals surface area (Å²) >= 11 is 0. The van der Waals surface area contributed by atoms with Gasteiger partial charge in [-0.3, -0.25) is 9.78 Å². The van der Waals surface area contributed by atoms with Gasteiger partial charge in [0.1, 0.15) is 0 Å². The maximum absolute atomic E-state index is 11.9. The van der Waals surface area contributed by atoms with Gasteiger partial charge >= 0.3 is 0 Å². The van der Waals surface area contributed by atoms with Crippen molar-refractivity contribution in [2.45, 2.75) is 13.8 Å². The van der Waals surface area contributed by atoms with Crippen LogP contribution in [-0.2, 0) is 4.79 Å². The molecule has 0 saturated carbocycles. The summed E-state index contributed by atoms with van der Waals surface area (Å²) in [6.45, 7) is 3.38. The van der Waals surface area contributed by atoms with Gasteiger partial charge in [0.25, 0.3) is 0 Å². The predicted molar refractivity (Wildman–Crippen MR) is 110 cm³/mol. The Hall–Kier alpha value is -4.90. The van der Waals surface area contributed by atoms with Crippen LogP contribution in [0.25, 0.3) is 0 Å². The van der Waals surface area contributed by atoms with Crippen molar-refractivity contribution in [1.82, 2.24) is 4.98 Å². The number of amides is 1. The van der Waals surface area contributed by atoms with Crippen LogP contribution in [0.5, 0.6) is 0 Å². The zero-order chi connectivity index (χ0) is 20.3. The summed E-state index contributed by atoms with van der Waals surface area (Å²) in [7, 11) is 0. The number of nitrogens with zero attached hydrogens (tertiary/aromatic N) is 1. The molecule has 1 heterocycles. The molecule has 0 fully saturated rings. The smallest absolute Gasteiger partial charge is 0.239 e. The first-order valence-electron chi connectivity index (χ1n) is 7.87. The van der Waals surface area contributed by atoms with Gasteiger partial charge in [0.2, 0.25) is 5.91 Å². The van der Waals surface area contributed by atoms with Crippen molar-refractivity contribution in [3.8, 4) is 94.7 Å². The molecule has 0 aliphatic heterocycles. The van der Waals surface area contributed by atoms with E-state index in [1.807, 2.05) is 0 Å². The third kappa shape index (κ3) is 10.8. The van der Waals surface area contributed by atoms with Crippen molar-refractivity contribution >= 4 is 11.6 Å². The third-order valence-corrected chi connectivity index (χ3v) is 2.57. The predicted octanol–water partition coefficient (Wildman–Crippen LogP) is 1.70. The zero-order valence-electron chi connectivity index (χ0n) is 15.2. The molecule has 1 amide bonds. The number of anilines is 1. The molecule has 0 spiro atoms. The average molecular weight is 356 g/mol. The van der Waals surface area contributed by atoms with Gasteiger partial charge in [-0.15, -0.1) is 0 Å². The Bertz CT molecular complexity index is 1210. The van der Waals surface area contributed by atoms with Gasteiger partial charge in [0.05, 0.1) is 5.92 Å². The summed E-state index contributed by atoms with van der Waals surface area (Å²) in [5, 5.41) is 2.73. The maximum Gasteiger partial charge on any atom is 0.239 e. The van der Waals surface area contributed by atoms with Crippen LogP contribution >= 0.6 is 0 Å². The lowest BCUT2D eigenvalue weighted by molar-refractivity contribution is -0.117. The van der Waals surface area contributed by atoms with E-state index in [1.165, 1.54) is 0 Å². The van der Waals surface area contributed by atoms with E-state index >= 15 is 0 Å². The van der Waals surface area contributed by atoms with Crippen LogP contribution in [0.3, 0.4) is 0 Å². The van der Waals surface area contributed by atoms with E-state index in [4.69, 9.17) is 0 Å². The van der Waals surface area contributed by atoms with Crippen LogP contribution in [0.1, 0.15) is 13.8 Å². The molecule has 1 rings (SSSR count). The standard InChI is InChI=1S/C25H12N2O/c1-3-4-5-6-7-8-9-10-11-12-13-14-15-16-17-18-23(2)25(28)27-24-19-21-26-22-20-24/h19-23H,1-2H3,(H,26,27,28). The number of aromatic nitrogens is 1. The number of nitrogens with one attached hydrogen (secondary N) is 1. The summed E-state index contributed by atoms with van der Waals surface area (Å²) in [5.74, 6) is 40.0. The molecule has 0 bridgehead atoms. The molecule has 3 heteroatoms. The summed E-state index contributed by atoms with van der Waals surface area (Å²) in [6.07, 6.45) is 3.19. The van der Waals surface area contributed by atoms with Gasteiger partial charge in [-0.2, -0.15) is 0 Å². The first-order valence-corrected chi connectivity index (χ1v) is 7.87. The highest BCUT2D eigenvalue weighted by Crippen LogP contribution is 2.05. The van der Waals surface area contributed by atoms with Crippen molar-refractivity contribution in [2.75, 3.05) is 5.32 Å². The molecule has 0 aliphatic rings. The molecule has 1 atom stereocenters. The van der Waals surface area contributed by atoms with Crippen LogP contribution in [0, 0.1) is 101 Å². The Balaban J connectivity index is 2.47. The molecule has 0 aliphatic carbocycles. The minimum Gasteiger partial charge on any atom is -0.325 e. The van der Waals surface area contributed by atoms with Crippen LogP contribution in [0.4, 0.5) is 5.69 Å². The zero-order valence-corrected chi connectivity index (χ0v) is 15.2. The molecular formula is C25H12N2O. The third-order valence-electron chi connectivity index (χ3n) is 2.57. The van der Waals surface area contributed by atoms with Crippen LogP contribution in [0.15, 0.2) is 24.5 Å². The largest absolute Gasteiger partial charge is 0.325 e. The van der Waals surface area contributed by atoms with E-state index < -0.39 is 5.92 Å². The molecule has 0 saturated heterocycles. The summed E-state index contributed by atoms with van der Waals surface area (Å²) < 4.78 is 0. The SMILES string of the molecule is CC#CC#CC#CC#CC#CC#CC#CC#CC(C)C(=O)Nc1ccncc1. The highest BCUT2D eigenvalue weighted by molar-refractivity contribution is 5.94. The normalized spacial score (nSPS) is 7.50. The van der Waals surface area contributed by atoms with Crippen molar-refractivity contribution in [3.63, 3.8) is 0 Å². The number of carbonyl (C=O) groups is 1. The first-order chi connectivity index (χ1) is 13.7. The summed E-state index contributed by atoms with van der Waals surface area (Å²) in [4.78, 5) is 15.8. The van der Waals surface area contributed by atoms with Gasteiger partial charge in [-0.1, -0.05) is 11.8 Å². The lowest BCUT2D eigenvalue weighted by Gasteiger charge is -2.05. The Morgan fingerprint density at radius 3 is 1.68 bits per heavy atom.